The Morgan fingerprint density at radius 1 is 1.16 bits per heavy atom. The van der Waals surface area contributed by atoms with E-state index in [0.717, 1.165) is 17.2 Å². The van der Waals surface area contributed by atoms with Gasteiger partial charge in [-0.15, -0.1) is 0 Å². The summed E-state index contributed by atoms with van der Waals surface area (Å²) >= 11 is 0. The molecule has 0 aliphatic heterocycles. The van der Waals surface area contributed by atoms with Gasteiger partial charge in [-0.05, 0) is 30.0 Å². The molecular weight excluding hydrogens is 255 g/mol. The molecule has 2 rings (SSSR count). The van der Waals surface area contributed by atoms with E-state index in [1.54, 1.807) is 0 Å². The predicted octanol–water partition coefficient (Wildman–Crippen LogP) is 4.79. The number of benzene rings is 1. The van der Waals surface area contributed by atoms with Crippen LogP contribution in [0.15, 0.2) is 28.8 Å². The molecule has 2 aromatic rings. The van der Waals surface area contributed by atoms with Crippen molar-refractivity contribution in [2.45, 2.75) is 32.9 Å². The van der Waals surface area contributed by atoms with E-state index in [-0.39, 0.29) is 5.76 Å². The van der Waals surface area contributed by atoms with E-state index in [0.29, 0.717) is 11.5 Å². The summed E-state index contributed by atoms with van der Waals surface area (Å²) < 4.78 is 42.3. The molecule has 0 aliphatic carbocycles. The van der Waals surface area contributed by atoms with Gasteiger partial charge in [0.1, 0.15) is 0 Å². The second-order valence-electron chi connectivity index (χ2n) is 4.80. The van der Waals surface area contributed by atoms with Gasteiger partial charge in [0.25, 0.3) is 0 Å². The second kappa shape index (κ2) is 4.72. The first-order valence-electron chi connectivity index (χ1n) is 5.94. The molecule has 0 fully saturated rings. The Labute approximate surface area is 109 Å². The van der Waals surface area contributed by atoms with Crippen molar-refractivity contribution < 1.29 is 17.7 Å². The van der Waals surface area contributed by atoms with Crippen molar-refractivity contribution >= 4 is 0 Å². The lowest BCUT2D eigenvalue weighted by Gasteiger charge is -2.09. The van der Waals surface area contributed by atoms with Crippen LogP contribution in [0.3, 0.4) is 0 Å². The first kappa shape index (κ1) is 13.6. The van der Waals surface area contributed by atoms with Gasteiger partial charge in [-0.3, -0.25) is 0 Å². The van der Waals surface area contributed by atoms with Crippen molar-refractivity contribution in [1.29, 1.82) is 0 Å². The standard InChI is InChI=1S/C14H14F3NO/c1-8(2)10-5-4-9(3)11(6-10)12-7-13(18-19-12)14(15,16)17/h4-8H,1-3H3. The number of halogens is 3. The molecule has 0 atom stereocenters. The number of alkyl halides is 3. The number of aryl methyl sites for hydroxylation is 1. The first-order valence-corrected chi connectivity index (χ1v) is 5.94. The van der Waals surface area contributed by atoms with Gasteiger partial charge in [0.2, 0.25) is 0 Å². The van der Waals surface area contributed by atoms with Crippen molar-refractivity contribution in [1.82, 2.24) is 5.16 Å². The highest BCUT2D eigenvalue weighted by atomic mass is 19.4. The molecule has 1 aromatic carbocycles. The SMILES string of the molecule is Cc1ccc(C(C)C)cc1-c1cc(C(F)(F)F)no1. The Hall–Kier alpha value is -1.78. The molecule has 102 valence electrons. The highest BCUT2D eigenvalue weighted by Gasteiger charge is 2.35. The minimum atomic E-state index is -4.48. The smallest absolute Gasteiger partial charge is 0.356 e. The van der Waals surface area contributed by atoms with Crippen LogP contribution in [-0.4, -0.2) is 5.16 Å². The van der Waals surface area contributed by atoms with Crippen LogP contribution in [0.25, 0.3) is 11.3 Å². The van der Waals surface area contributed by atoms with Gasteiger partial charge in [0.05, 0.1) is 0 Å². The van der Waals surface area contributed by atoms with E-state index in [4.69, 9.17) is 4.52 Å². The molecule has 19 heavy (non-hydrogen) atoms. The van der Waals surface area contributed by atoms with Crippen LogP contribution in [0.1, 0.15) is 36.6 Å². The number of rotatable bonds is 2. The number of hydrogen-bond acceptors (Lipinski definition) is 2. The van der Waals surface area contributed by atoms with Crippen LogP contribution >= 0.6 is 0 Å². The fourth-order valence-corrected chi connectivity index (χ4v) is 1.80. The Morgan fingerprint density at radius 3 is 2.37 bits per heavy atom. The maximum atomic E-state index is 12.5. The molecule has 0 unspecified atom stereocenters. The van der Waals surface area contributed by atoms with E-state index < -0.39 is 11.9 Å². The highest BCUT2D eigenvalue weighted by Crippen LogP contribution is 2.33. The molecule has 5 heteroatoms. The van der Waals surface area contributed by atoms with Crippen molar-refractivity contribution in [3.05, 3.63) is 41.1 Å². The van der Waals surface area contributed by atoms with Gasteiger partial charge in [0, 0.05) is 11.6 Å². The van der Waals surface area contributed by atoms with Crippen LogP contribution in [-0.2, 0) is 6.18 Å². The second-order valence-corrected chi connectivity index (χ2v) is 4.80. The van der Waals surface area contributed by atoms with Crippen LogP contribution < -0.4 is 0 Å². The van der Waals surface area contributed by atoms with Crippen molar-refractivity contribution in [2.24, 2.45) is 0 Å². The van der Waals surface area contributed by atoms with E-state index in [1.165, 1.54) is 0 Å². The molecule has 0 radical (unpaired) electrons. The zero-order chi connectivity index (χ0) is 14.2. The lowest BCUT2D eigenvalue weighted by Crippen LogP contribution is -2.04. The third kappa shape index (κ3) is 2.80. The van der Waals surface area contributed by atoms with Crippen molar-refractivity contribution in [3.8, 4) is 11.3 Å². The molecule has 0 aliphatic rings. The lowest BCUT2D eigenvalue weighted by molar-refractivity contribution is -0.142. The number of nitrogens with zero attached hydrogens (tertiary/aromatic N) is 1. The zero-order valence-corrected chi connectivity index (χ0v) is 10.9. The number of aromatic nitrogens is 1. The van der Waals surface area contributed by atoms with E-state index in [9.17, 15) is 13.2 Å². The largest absolute Gasteiger partial charge is 0.436 e. The highest BCUT2D eigenvalue weighted by molar-refractivity contribution is 5.63. The Morgan fingerprint density at radius 2 is 1.84 bits per heavy atom. The fraction of sp³-hybridized carbons (Fsp3) is 0.357. The fourth-order valence-electron chi connectivity index (χ4n) is 1.80. The minimum absolute atomic E-state index is 0.146. The molecule has 1 aromatic heterocycles. The van der Waals surface area contributed by atoms with Crippen LogP contribution in [0.2, 0.25) is 0 Å². The van der Waals surface area contributed by atoms with Crippen LogP contribution in [0, 0.1) is 6.92 Å². The van der Waals surface area contributed by atoms with Crippen LogP contribution in [0.5, 0.6) is 0 Å². The molecule has 1 heterocycles. The summed E-state index contributed by atoms with van der Waals surface area (Å²) in [6.45, 7) is 5.88. The molecule has 0 saturated carbocycles. The lowest BCUT2D eigenvalue weighted by atomic mass is 9.96. The minimum Gasteiger partial charge on any atom is -0.356 e. The van der Waals surface area contributed by atoms with Gasteiger partial charge in [-0.2, -0.15) is 13.2 Å². The number of hydrogen-bond donors (Lipinski definition) is 0. The molecular formula is C14H14F3NO. The molecule has 0 amide bonds. The summed E-state index contributed by atoms with van der Waals surface area (Å²) in [6, 6.07) is 6.62. The molecule has 2 nitrogen and oxygen atoms in total. The van der Waals surface area contributed by atoms with E-state index in [2.05, 4.69) is 5.16 Å². The Kier molecular flexibility index (Phi) is 3.39. The summed E-state index contributed by atoms with van der Waals surface area (Å²) in [7, 11) is 0. The quantitative estimate of drug-likeness (QED) is 0.783. The summed E-state index contributed by atoms with van der Waals surface area (Å²) in [5.74, 6) is 0.441. The van der Waals surface area contributed by atoms with Gasteiger partial charge >= 0.3 is 6.18 Å². The first-order chi connectivity index (χ1) is 8.79. The molecule has 0 bridgehead atoms. The van der Waals surface area contributed by atoms with Gasteiger partial charge in [-0.25, -0.2) is 0 Å². The average molecular weight is 269 g/mol. The molecule has 0 saturated heterocycles. The van der Waals surface area contributed by atoms with E-state index >= 15 is 0 Å². The van der Waals surface area contributed by atoms with Crippen molar-refractivity contribution in [3.63, 3.8) is 0 Å². The third-order valence-electron chi connectivity index (χ3n) is 2.99. The maximum absolute atomic E-state index is 12.5. The average Bonchev–Trinajstić information content (AvgIpc) is 2.78. The van der Waals surface area contributed by atoms with Gasteiger partial charge in [-0.1, -0.05) is 31.1 Å². The zero-order valence-electron chi connectivity index (χ0n) is 10.9. The topological polar surface area (TPSA) is 26.0 Å². The maximum Gasteiger partial charge on any atom is 0.436 e. The summed E-state index contributed by atoms with van der Waals surface area (Å²) in [5, 5.41) is 3.08. The summed E-state index contributed by atoms with van der Waals surface area (Å²) in [4.78, 5) is 0. The third-order valence-corrected chi connectivity index (χ3v) is 2.99. The van der Waals surface area contributed by atoms with Gasteiger partial charge in [0.15, 0.2) is 11.5 Å². The Bertz CT molecular complexity index is 585. The summed E-state index contributed by atoms with van der Waals surface area (Å²) in [6.07, 6.45) is -4.48. The normalized spacial score (nSPS) is 12.2. The predicted molar refractivity (Wildman–Crippen MR) is 65.8 cm³/mol. The summed E-state index contributed by atoms with van der Waals surface area (Å²) in [5.41, 5.74) is 1.55. The van der Waals surface area contributed by atoms with E-state index in [1.807, 2.05) is 39.0 Å². The molecule has 0 N–H and O–H groups in total. The van der Waals surface area contributed by atoms with Crippen molar-refractivity contribution in [2.75, 3.05) is 0 Å². The molecule has 0 spiro atoms. The Balaban J connectivity index is 2.47. The monoisotopic (exact) mass is 269 g/mol. The van der Waals surface area contributed by atoms with Crippen LogP contribution in [0.4, 0.5) is 13.2 Å². The van der Waals surface area contributed by atoms with Gasteiger partial charge < -0.3 is 4.52 Å².